The number of carbonyl (C=O) groups is 5. The molecule has 20 nitrogen and oxygen atoms in total. The maximum absolute atomic E-state index is 13.7. The van der Waals surface area contributed by atoms with Gasteiger partial charge in [0, 0.05) is 5.38 Å². The predicted molar refractivity (Wildman–Crippen MR) is 179 cm³/mol. The van der Waals surface area contributed by atoms with Crippen LogP contribution in [0.5, 0.6) is 0 Å². The van der Waals surface area contributed by atoms with Crippen LogP contribution in [0.2, 0.25) is 0 Å². The van der Waals surface area contributed by atoms with Crippen LogP contribution in [0.3, 0.4) is 0 Å². The number of rotatable bonds is 11. The molecule has 3 amide bonds. The number of hydrogen-bond donors (Lipinski definition) is 3. The average molecular weight is 759 g/mol. The van der Waals surface area contributed by atoms with Gasteiger partial charge in [0.1, 0.15) is 28.5 Å². The van der Waals surface area contributed by atoms with Crippen molar-refractivity contribution in [2.45, 2.75) is 117 Å². The highest BCUT2D eigenvalue weighted by Crippen LogP contribution is 2.26. The van der Waals surface area contributed by atoms with E-state index in [9.17, 15) is 36.9 Å². The largest absolute Gasteiger partial charge is 0.457 e. The van der Waals surface area contributed by atoms with Crippen molar-refractivity contribution in [3.8, 4) is 0 Å². The third-order valence-electron chi connectivity index (χ3n) is 6.05. The van der Waals surface area contributed by atoms with E-state index < -0.39 is 86.9 Å². The van der Waals surface area contributed by atoms with Crippen molar-refractivity contribution in [3.05, 3.63) is 23.0 Å². The molecular weight excluding hydrogens is 716 g/mol. The number of nitrogens with zero attached hydrogens (tertiary/aromatic N) is 6. The normalized spacial score (nSPS) is 17.3. The minimum atomic E-state index is -5.12. The van der Waals surface area contributed by atoms with E-state index in [1.54, 1.807) is 62.3 Å². The van der Waals surface area contributed by atoms with Crippen molar-refractivity contribution in [1.29, 1.82) is 0 Å². The van der Waals surface area contributed by atoms with E-state index in [1.165, 1.54) is 19.2 Å². The Labute approximate surface area is 298 Å². The molecule has 0 aromatic carbocycles. The number of thiazole rings is 1. The van der Waals surface area contributed by atoms with Gasteiger partial charge in [0.15, 0.2) is 16.5 Å². The Balaban J connectivity index is 1.94. The lowest BCUT2D eigenvalue weighted by Crippen LogP contribution is -2.73. The lowest BCUT2D eigenvalue weighted by molar-refractivity contribution is -0.179. The first-order valence-electron chi connectivity index (χ1n) is 15.3. The van der Waals surface area contributed by atoms with Crippen molar-refractivity contribution >= 4 is 62.3 Å². The summed E-state index contributed by atoms with van der Waals surface area (Å²) in [5.74, 6) is -4.01. The Hall–Kier alpha value is -4.70. The first-order chi connectivity index (χ1) is 23.1. The number of ether oxygens (including phenoxy) is 3. The van der Waals surface area contributed by atoms with Crippen LogP contribution >= 0.6 is 11.3 Å². The minimum Gasteiger partial charge on any atom is -0.457 e. The van der Waals surface area contributed by atoms with Crippen LogP contribution in [-0.2, 0) is 50.3 Å². The number of aromatic nitrogens is 4. The second-order valence-corrected chi connectivity index (χ2v) is 16.8. The first-order valence-corrected chi connectivity index (χ1v) is 17.5. The smallest absolute Gasteiger partial charge is 0.413 e. The summed E-state index contributed by atoms with van der Waals surface area (Å²) in [4.78, 5) is 73.9. The second kappa shape index (κ2) is 14.5. The highest BCUT2D eigenvalue weighted by atomic mass is 32.2. The molecule has 3 rings (SSSR count). The van der Waals surface area contributed by atoms with Crippen molar-refractivity contribution in [1.82, 2.24) is 29.6 Å². The van der Waals surface area contributed by atoms with E-state index in [0.29, 0.717) is 0 Å². The number of anilines is 1. The highest BCUT2D eigenvalue weighted by molar-refractivity contribution is 7.84. The number of esters is 2. The van der Waals surface area contributed by atoms with Crippen LogP contribution in [0.15, 0.2) is 16.7 Å². The molecule has 0 bridgehead atoms. The summed E-state index contributed by atoms with van der Waals surface area (Å²) in [6.45, 7) is 17.0. The fourth-order valence-electron chi connectivity index (χ4n) is 3.99. The lowest BCUT2D eigenvalue weighted by atomic mass is 9.98. The number of carbonyl (C=O) groups excluding carboxylic acids is 5. The third kappa shape index (κ3) is 11.4. The maximum Gasteiger partial charge on any atom is 0.413 e. The summed E-state index contributed by atoms with van der Waals surface area (Å²) >= 11 is 0.875. The van der Waals surface area contributed by atoms with Crippen LogP contribution in [-0.4, -0.2) is 107 Å². The summed E-state index contributed by atoms with van der Waals surface area (Å²) in [7, 11) is -5.12. The van der Waals surface area contributed by atoms with Crippen molar-refractivity contribution in [2.75, 3.05) is 5.32 Å². The van der Waals surface area contributed by atoms with Crippen LogP contribution in [0.25, 0.3) is 0 Å². The second-order valence-electron chi connectivity index (χ2n) is 14.7. The molecule has 3 N–H and O–H groups in total. The van der Waals surface area contributed by atoms with Gasteiger partial charge in [-0.3, -0.25) is 19.5 Å². The zero-order valence-corrected chi connectivity index (χ0v) is 31.6. The quantitative estimate of drug-likeness (QED) is 0.0740. The van der Waals surface area contributed by atoms with Crippen molar-refractivity contribution in [3.63, 3.8) is 0 Å². The average Bonchev–Trinajstić information content (AvgIpc) is 3.58. The van der Waals surface area contributed by atoms with Gasteiger partial charge in [-0.25, -0.2) is 28.4 Å². The highest BCUT2D eigenvalue weighted by Gasteiger charge is 2.54. The van der Waals surface area contributed by atoms with E-state index in [2.05, 4.69) is 31.1 Å². The zero-order valence-electron chi connectivity index (χ0n) is 30.0. The van der Waals surface area contributed by atoms with Crippen molar-refractivity contribution in [2.24, 2.45) is 5.16 Å². The molecule has 1 fully saturated rings. The number of amides is 3. The summed E-state index contributed by atoms with van der Waals surface area (Å²) in [6, 6.07) is -3.07. The predicted octanol–water partition coefficient (Wildman–Crippen LogP) is 2.08. The fourth-order valence-corrected chi connectivity index (χ4v) is 5.54. The molecule has 0 radical (unpaired) electrons. The van der Waals surface area contributed by atoms with E-state index >= 15 is 0 Å². The molecule has 22 heteroatoms. The van der Waals surface area contributed by atoms with Gasteiger partial charge in [0.2, 0.25) is 5.60 Å². The van der Waals surface area contributed by atoms with Crippen LogP contribution in [0, 0.1) is 0 Å². The third-order valence-corrected chi connectivity index (χ3v) is 7.76. The van der Waals surface area contributed by atoms with E-state index in [1.807, 2.05) is 0 Å². The molecule has 1 saturated heterocycles. The number of nitrogens with one attached hydrogen (secondary N) is 2. The monoisotopic (exact) mass is 758 g/mol. The Kier molecular flexibility index (Phi) is 11.6. The van der Waals surface area contributed by atoms with Gasteiger partial charge in [-0.05, 0) is 76.2 Å². The zero-order chi connectivity index (χ0) is 38.9. The first kappa shape index (κ1) is 40.7. The molecule has 3 heterocycles. The molecule has 0 unspecified atom stereocenters. The van der Waals surface area contributed by atoms with E-state index in [0.717, 1.165) is 22.2 Å². The van der Waals surface area contributed by atoms with Crippen LogP contribution in [0.4, 0.5) is 9.93 Å². The van der Waals surface area contributed by atoms with Crippen LogP contribution < -0.4 is 10.6 Å². The summed E-state index contributed by atoms with van der Waals surface area (Å²) in [5, 5.41) is 17.4. The molecule has 2 atom stereocenters. The van der Waals surface area contributed by atoms with Gasteiger partial charge >= 0.3 is 28.3 Å². The van der Waals surface area contributed by atoms with Gasteiger partial charge in [-0.15, -0.1) is 16.4 Å². The molecule has 2 aromatic heterocycles. The molecule has 1 aliphatic rings. The molecule has 0 spiro atoms. The number of oxime groups is 1. The van der Waals surface area contributed by atoms with Gasteiger partial charge in [-0.1, -0.05) is 10.4 Å². The molecule has 0 aliphatic carbocycles. The topological polar surface area (TPSA) is 260 Å². The Morgan fingerprint density at radius 2 is 1.53 bits per heavy atom. The Bertz CT molecular complexity index is 1810. The van der Waals surface area contributed by atoms with E-state index in [-0.39, 0.29) is 20.8 Å². The molecular formula is C29H42N8O12S2. The van der Waals surface area contributed by atoms with Gasteiger partial charge in [0.25, 0.3) is 11.8 Å². The molecule has 2 aromatic rings. The summed E-state index contributed by atoms with van der Waals surface area (Å²) in [5.41, 5.74) is -5.33. The maximum atomic E-state index is 13.7. The van der Waals surface area contributed by atoms with Crippen molar-refractivity contribution < 1.29 is 56.0 Å². The van der Waals surface area contributed by atoms with Gasteiger partial charge in [0.05, 0.1) is 18.8 Å². The van der Waals surface area contributed by atoms with Gasteiger partial charge in [-0.2, -0.15) is 8.42 Å². The standard InChI is InChI=1S/C29H42N8O12S2/c1-26(2,3)46-22(40)15-12-36(35-33-15)13-17-19(21(39)37(17)51(43,44)45)31-20(38)18(34-49-29(10,11)23(41)47-27(4,5)6)16-14-50-24(30-16)32-25(42)48-28(7,8)9/h12,14,17,19H,13H2,1-11H3,(H,31,38)(H,30,32,42)(H,43,44,45)/b34-18+/t17-,19+/m1/s1. The van der Waals surface area contributed by atoms with E-state index in [4.69, 9.17) is 19.0 Å². The number of β-lactam (4-membered cyclic amide) rings is 1. The number of hydrogen-bond acceptors (Lipinski definition) is 16. The van der Waals surface area contributed by atoms with Gasteiger partial charge < -0.3 is 24.4 Å². The molecule has 282 valence electrons. The fraction of sp³-hybridized carbons (Fsp3) is 0.621. The SMILES string of the molecule is CC(C)(C)OC(=O)Nc1nc(/C(=N\OC(C)(C)C(=O)OC(C)(C)C)C(=O)N[C@@H]2C(=O)N(S(=O)(=O)O)[C@@H]2Cn2cc(C(=O)OC(C)(C)C)nn2)cs1. The van der Waals surface area contributed by atoms with Crippen LogP contribution in [0.1, 0.15) is 92.3 Å². The molecule has 51 heavy (non-hydrogen) atoms. The lowest BCUT2D eigenvalue weighted by Gasteiger charge is -2.43. The summed E-state index contributed by atoms with van der Waals surface area (Å²) in [6.07, 6.45) is 0.288. The minimum absolute atomic E-state index is 0.0201. The summed E-state index contributed by atoms with van der Waals surface area (Å²) < 4.78 is 51.0. The molecule has 0 saturated carbocycles. The molecule has 1 aliphatic heterocycles. The Morgan fingerprint density at radius 3 is 2.08 bits per heavy atom. The Morgan fingerprint density at radius 1 is 0.941 bits per heavy atom.